The van der Waals surface area contributed by atoms with E-state index in [1.165, 1.54) is 28.8 Å². The van der Waals surface area contributed by atoms with Crippen LogP contribution < -0.4 is 4.90 Å². The highest BCUT2D eigenvalue weighted by Gasteiger charge is 2.40. The standard InChI is InChI=1S/C18H16F3NOS/c1-11-7-8-13(9-12(11)2)22-16(23)10-24-17(22)14-5-3-4-6-15(14)18(19,20)21/h3-9,17H,10H2,1-2H3/t17-/m1/s1. The van der Waals surface area contributed by atoms with E-state index in [9.17, 15) is 18.0 Å². The normalized spacial score (nSPS) is 18.3. The third-order valence-corrected chi connectivity index (χ3v) is 5.36. The number of carbonyl (C=O) groups is 1. The molecule has 24 heavy (non-hydrogen) atoms. The molecule has 1 heterocycles. The Kier molecular flexibility index (Phi) is 4.34. The highest BCUT2D eigenvalue weighted by molar-refractivity contribution is 8.00. The van der Waals surface area contributed by atoms with Crippen LogP contribution >= 0.6 is 11.8 Å². The molecule has 6 heteroatoms. The van der Waals surface area contributed by atoms with Crippen LogP contribution in [0.5, 0.6) is 0 Å². The van der Waals surface area contributed by atoms with Gasteiger partial charge in [0.15, 0.2) is 0 Å². The zero-order valence-electron chi connectivity index (χ0n) is 13.2. The Morgan fingerprint density at radius 1 is 1.08 bits per heavy atom. The molecular weight excluding hydrogens is 335 g/mol. The molecule has 2 nitrogen and oxygen atoms in total. The number of benzene rings is 2. The molecule has 126 valence electrons. The molecule has 1 aliphatic rings. The molecule has 2 aromatic rings. The second-order valence-corrected chi connectivity index (χ2v) is 6.85. The first-order chi connectivity index (χ1) is 11.3. The number of anilines is 1. The van der Waals surface area contributed by atoms with E-state index in [2.05, 4.69) is 0 Å². The van der Waals surface area contributed by atoms with Gasteiger partial charge in [0.1, 0.15) is 5.37 Å². The van der Waals surface area contributed by atoms with Crippen molar-refractivity contribution in [1.29, 1.82) is 0 Å². The topological polar surface area (TPSA) is 20.3 Å². The van der Waals surface area contributed by atoms with Crippen molar-refractivity contribution in [2.24, 2.45) is 0 Å². The number of hydrogen-bond acceptors (Lipinski definition) is 2. The number of halogens is 3. The first-order valence-corrected chi connectivity index (χ1v) is 8.51. The molecule has 0 bridgehead atoms. The molecule has 0 spiro atoms. The van der Waals surface area contributed by atoms with Gasteiger partial charge in [-0.25, -0.2) is 0 Å². The lowest BCUT2D eigenvalue weighted by Gasteiger charge is -2.27. The predicted octanol–water partition coefficient (Wildman–Crippen LogP) is 5.10. The fourth-order valence-corrected chi connectivity index (χ4v) is 3.99. The van der Waals surface area contributed by atoms with Crippen molar-refractivity contribution >= 4 is 23.4 Å². The summed E-state index contributed by atoms with van der Waals surface area (Å²) in [5.74, 6) is -0.00529. The molecule has 0 saturated carbocycles. The van der Waals surface area contributed by atoms with Crippen LogP contribution in [0.25, 0.3) is 0 Å². The lowest BCUT2D eigenvalue weighted by Crippen LogP contribution is -2.29. The molecule has 1 atom stereocenters. The molecule has 1 aliphatic heterocycles. The van der Waals surface area contributed by atoms with Gasteiger partial charge in [-0.15, -0.1) is 11.8 Å². The third-order valence-electron chi connectivity index (χ3n) is 4.17. The molecule has 3 rings (SSSR count). The van der Waals surface area contributed by atoms with Gasteiger partial charge in [-0.1, -0.05) is 24.3 Å². The number of rotatable bonds is 2. The Morgan fingerprint density at radius 2 is 1.79 bits per heavy atom. The molecule has 1 amide bonds. The fourth-order valence-electron chi connectivity index (χ4n) is 2.78. The summed E-state index contributed by atoms with van der Waals surface area (Å²) in [5, 5.41) is -0.669. The first-order valence-electron chi connectivity index (χ1n) is 7.46. The summed E-state index contributed by atoms with van der Waals surface area (Å²) in [6, 6.07) is 11.0. The van der Waals surface area contributed by atoms with Crippen LogP contribution in [0, 0.1) is 13.8 Å². The van der Waals surface area contributed by atoms with Gasteiger partial charge in [0.05, 0.1) is 11.3 Å². The number of alkyl halides is 3. The van der Waals surface area contributed by atoms with Crippen LogP contribution in [-0.2, 0) is 11.0 Å². The molecule has 0 unspecified atom stereocenters. The van der Waals surface area contributed by atoms with Gasteiger partial charge in [0, 0.05) is 5.69 Å². The minimum Gasteiger partial charge on any atom is -0.295 e. The summed E-state index contributed by atoms with van der Waals surface area (Å²) in [7, 11) is 0. The van der Waals surface area contributed by atoms with E-state index in [0.717, 1.165) is 17.2 Å². The van der Waals surface area contributed by atoms with E-state index >= 15 is 0 Å². The maximum Gasteiger partial charge on any atom is 0.416 e. The van der Waals surface area contributed by atoms with Crippen LogP contribution in [0.1, 0.15) is 27.6 Å². The summed E-state index contributed by atoms with van der Waals surface area (Å²) in [6.45, 7) is 3.88. The maximum absolute atomic E-state index is 13.3. The third kappa shape index (κ3) is 3.02. The Labute approximate surface area is 142 Å². The number of hydrogen-bond donors (Lipinski definition) is 0. The molecule has 0 radical (unpaired) electrons. The molecule has 2 aromatic carbocycles. The van der Waals surface area contributed by atoms with Gasteiger partial charge < -0.3 is 0 Å². The minimum absolute atomic E-state index is 0.124. The smallest absolute Gasteiger partial charge is 0.295 e. The van der Waals surface area contributed by atoms with Crippen molar-refractivity contribution < 1.29 is 18.0 Å². The van der Waals surface area contributed by atoms with E-state index < -0.39 is 17.1 Å². The highest BCUT2D eigenvalue weighted by Crippen LogP contribution is 2.46. The molecule has 0 aromatic heterocycles. The number of thioether (sulfide) groups is 1. The van der Waals surface area contributed by atoms with E-state index in [1.807, 2.05) is 26.0 Å². The molecule has 0 N–H and O–H groups in total. The number of amides is 1. The van der Waals surface area contributed by atoms with E-state index in [1.54, 1.807) is 12.1 Å². The molecular formula is C18H16F3NOS. The highest BCUT2D eigenvalue weighted by atomic mass is 32.2. The van der Waals surface area contributed by atoms with Crippen molar-refractivity contribution in [2.75, 3.05) is 10.7 Å². The molecule has 1 fully saturated rings. The minimum atomic E-state index is -4.45. The maximum atomic E-state index is 13.3. The monoisotopic (exact) mass is 351 g/mol. The van der Waals surface area contributed by atoms with Crippen LogP contribution in [0.3, 0.4) is 0 Å². The first kappa shape index (κ1) is 16.9. The lowest BCUT2D eigenvalue weighted by molar-refractivity contribution is -0.138. The van der Waals surface area contributed by atoms with E-state index in [-0.39, 0.29) is 17.2 Å². The summed E-state index contributed by atoms with van der Waals surface area (Å²) in [6.07, 6.45) is -4.45. The fraction of sp³-hybridized carbons (Fsp3) is 0.278. The largest absolute Gasteiger partial charge is 0.416 e. The van der Waals surface area contributed by atoms with Crippen LogP contribution in [0.4, 0.5) is 18.9 Å². The van der Waals surface area contributed by atoms with Crippen LogP contribution in [0.15, 0.2) is 42.5 Å². The zero-order chi connectivity index (χ0) is 17.5. The average molecular weight is 351 g/mol. The Bertz CT molecular complexity index is 788. The SMILES string of the molecule is Cc1ccc(N2C(=O)CS[C@@H]2c2ccccc2C(F)(F)F)cc1C. The summed E-state index contributed by atoms with van der Waals surface area (Å²) < 4.78 is 40.0. The Hall–Kier alpha value is -1.95. The Balaban J connectivity index is 2.08. The zero-order valence-corrected chi connectivity index (χ0v) is 14.0. The quantitative estimate of drug-likeness (QED) is 0.750. The summed E-state index contributed by atoms with van der Waals surface area (Å²) in [4.78, 5) is 13.8. The molecule has 1 saturated heterocycles. The van der Waals surface area contributed by atoms with Crippen LogP contribution in [0.2, 0.25) is 0 Å². The second-order valence-electron chi connectivity index (χ2n) is 5.78. The van der Waals surface area contributed by atoms with Gasteiger partial charge in [-0.05, 0) is 48.7 Å². The van der Waals surface area contributed by atoms with Gasteiger partial charge >= 0.3 is 6.18 Å². The Morgan fingerprint density at radius 3 is 2.46 bits per heavy atom. The van der Waals surface area contributed by atoms with Gasteiger partial charge in [0.25, 0.3) is 0 Å². The van der Waals surface area contributed by atoms with Crippen molar-refractivity contribution in [3.63, 3.8) is 0 Å². The second kappa shape index (κ2) is 6.16. The van der Waals surface area contributed by atoms with Crippen molar-refractivity contribution in [3.05, 3.63) is 64.7 Å². The molecule has 0 aliphatic carbocycles. The van der Waals surface area contributed by atoms with Crippen molar-refractivity contribution in [1.82, 2.24) is 0 Å². The van der Waals surface area contributed by atoms with Gasteiger partial charge in [-0.2, -0.15) is 13.2 Å². The average Bonchev–Trinajstić information content (AvgIpc) is 2.91. The number of nitrogens with zero attached hydrogens (tertiary/aromatic N) is 1. The lowest BCUT2D eigenvalue weighted by atomic mass is 10.0. The van der Waals surface area contributed by atoms with Gasteiger partial charge in [0.2, 0.25) is 5.91 Å². The summed E-state index contributed by atoms with van der Waals surface area (Å²) >= 11 is 1.22. The van der Waals surface area contributed by atoms with E-state index in [4.69, 9.17) is 0 Å². The number of aryl methyl sites for hydroxylation is 2. The number of carbonyl (C=O) groups excluding carboxylic acids is 1. The van der Waals surface area contributed by atoms with Crippen molar-refractivity contribution in [3.8, 4) is 0 Å². The van der Waals surface area contributed by atoms with Crippen molar-refractivity contribution in [2.45, 2.75) is 25.4 Å². The van der Waals surface area contributed by atoms with E-state index in [0.29, 0.717) is 5.69 Å². The van der Waals surface area contributed by atoms with Crippen LogP contribution in [-0.4, -0.2) is 11.7 Å². The summed E-state index contributed by atoms with van der Waals surface area (Å²) in [5.41, 5.74) is 2.14. The van der Waals surface area contributed by atoms with Gasteiger partial charge in [-0.3, -0.25) is 9.69 Å². The predicted molar refractivity (Wildman–Crippen MR) is 90.0 cm³/mol.